The molecule has 1 aromatic carbocycles. The molecule has 2 saturated heterocycles. The molecule has 2 fully saturated rings. The highest BCUT2D eigenvalue weighted by Crippen LogP contribution is 2.21. The first kappa shape index (κ1) is 17.9. The number of hydrogen-bond acceptors (Lipinski definition) is 4. The summed E-state index contributed by atoms with van der Waals surface area (Å²) in [6.45, 7) is 10.8. The third-order valence-electron chi connectivity index (χ3n) is 5.60. The van der Waals surface area contributed by atoms with Crippen molar-refractivity contribution in [1.82, 2.24) is 15.1 Å². The highest BCUT2D eigenvalue weighted by Gasteiger charge is 2.22. The molecule has 2 aliphatic rings. The Bertz CT molecular complexity index is 493. The zero-order chi connectivity index (χ0) is 16.8. The van der Waals surface area contributed by atoms with Gasteiger partial charge in [-0.05, 0) is 63.5 Å². The second-order valence-electron chi connectivity index (χ2n) is 7.48. The second-order valence-corrected chi connectivity index (χ2v) is 7.48. The largest absolute Gasteiger partial charge is 0.379 e. The third kappa shape index (κ3) is 5.03. The van der Waals surface area contributed by atoms with Gasteiger partial charge in [0.2, 0.25) is 0 Å². The van der Waals surface area contributed by atoms with Crippen LogP contribution in [0.2, 0.25) is 0 Å². The van der Waals surface area contributed by atoms with Gasteiger partial charge in [-0.3, -0.25) is 4.90 Å². The molecule has 24 heavy (non-hydrogen) atoms. The predicted molar refractivity (Wildman–Crippen MR) is 99.4 cm³/mol. The molecule has 0 amide bonds. The van der Waals surface area contributed by atoms with Crippen LogP contribution in [0, 0.1) is 12.8 Å². The lowest BCUT2D eigenvalue weighted by Gasteiger charge is -2.34. The molecular weight excluding hydrogens is 298 g/mol. The van der Waals surface area contributed by atoms with Gasteiger partial charge in [0.15, 0.2) is 0 Å². The van der Waals surface area contributed by atoms with Crippen LogP contribution >= 0.6 is 0 Å². The summed E-state index contributed by atoms with van der Waals surface area (Å²) in [6, 6.07) is 9.26. The Labute approximate surface area is 147 Å². The van der Waals surface area contributed by atoms with Crippen LogP contribution in [0.25, 0.3) is 0 Å². The first-order chi connectivity index (χ1) is 11.7. The maximum absolute atomic E-state index is 5.51. The summed E-state index contributed by atoms with van der Waals surface area (Å²) in [5, 5.41) is 3.91. The Morgan fingerprint density at radius 1 is 1.12 bits per heavy atom. The Kier molecular flexibility index (Phi) is 6.67. The van der Waals surface area contributed by atoms with Gasteiger partial charge >= 0.3 is 0 Å². The minimum atomic E-state index is 0.420. The van der Waals surface area contributed by atoms with E-state index in [0.29, 0.717) is 6.04 Å². The van der Waals surface area contributed by atoms with E-state index in [0.717, 1.165) is 45.3 Å². The SMILES string of the molecule is Cc1ccccc1[C@@H](CN1CCOCC1)NCC1CCN(C)CC1. The maximum Gasteiger partial charge on any atom is 0.0594 e. The number of morpholine rings is 1. The van der Waals surface area contributed by atoms with Crippen molar-refractivity contribution in [2.75, 3.05) is 59.5 Å². The van der Waals surface area contributed by atoms with Crippen molar-refractivity contribution in [3.8, 4) is 0 Å². The topological polar surface area (TPSA) is 27.7 Å². The van der Waals surface area contributed by atoms with Gasteiger partial charge in [0.05, 0.1) is 13.2 Å². The Balaban J connectivity index is 1.61. The van der Waals surface area contributed by atoms with Crippen LogP contribution in [-0.4, -0.2) is 69.3 Å². The van der Waals surface area contributed by atoms with Gasteiger partial charge in [0, 0.05) is 25.7 Å². The van der Waals surface area contributed by atoms with Crippen molar-refractivity contribution in [3.05, 3.63) is 35.4 Å². The molecular formula is C20H33N3O. The number of likely N-dealkylation sites (tertiary alicyclic amines) is 1. The summed E-state index contributed by atoms with van der Waals surface area (Å²) in [5.74, 6) is 0.817. The van der Waals surface area contributed by atoms with Gasteiger partial charge in [-0.1, -0.05) is 24.3 Å². The lowest BCUT2D eigenvalue weighted by atomic mass is 9.95. The number of benzene rings is 1. The van der Waals surface area contributed by atoms with Crippen LogP contribution in [0.1, 0.15) is 30.0 Å². The van der Waals surface area contributed by atoms with Gasteiger partial charge in [-0.2, -0.15) is 0 Å². The van der Waals surface area contributed by atoms with Gasteiger partial charge in [0.1, 0.15) is 0 Å². The van der Waals surface area contributed by atoms with Crippen LogP contribution in [0.4, 0.5) is 0 Å². The third-order valence-corrected chi connectivity index (χ3v) is 5.60. The number of aryl methyl sites for hydroxylation is 1. The number of nitrogens with zero attached hydrogens (tertiary/aromatic N) is 2. The van der Waals surface area contributed by atoms with Crippen molar-refractivity contribution in [2.24, 2.45) is 5.92 Å². The zero-order valence-corrected chi connectivity index (χ0v) is 15.3. The highest BCUT2D eigenvalue weighted by atomic mass is 16.5. The average molecular weight is 332 g/mol. The minimum absolute atomic E-state index is 0.420. The molecule has 2 aliphatic heterocycles. The van der Waals surface area contributed by atoms with E-state index in [9.17, 15) is 0 Å². The van der Waals surface area contributed by atoms with Crippen LogP contribution < -0.4 is 5.32 Å². The molecule has 0 saturated carbocycles. The van der Waals surface area contributed by atoms with E-state index in [1.807, 2.05) is 0 Å². The van der Waals surface area contributed by atoms with Gasteiger partial charge in [0.25, 0.3) is 0 Å². The van der Waals surface area contributed by atoms with E-state index < -0.39 is 0 Å². The summed E-state index contributed by atoms with van der Waals surface area (Å²) in [5.41, 5.74) is 2.85. The minimum Gasteiger partial charge on any atom is -0.379 e. The average Bonchev–Trinajstić information content (AvgIpc) is 2.61. The van der Waals surface area contributed by atoms with E-state index in [4.69, 9.17) is 4.74 Å². The molecule has 0 aromatic heterocycles. The van der Waals surface area contributed by atoms with E-state index in [1.165, 1.54) is 37.1 Å². The van der Waals surface area contributed by atoms with Gasteiger partial charge < -0.3 is 15.0 Å². The smallest absolute Gasteiger partial charge is 0.0594 e. The fourth-order valence-corrected chi connectivity index (χ4v) is 3.87. The van der Waals surface area contributed by atoms with Gasteiger partial charge in [-0.15, -0.1) is 0 Å². The number of rotatable bonds is 6. The summed E-state index contributed by atoms with van der Waals surface area (Å²) < 4.78 is 5.51. The molecule has 1 aromatic rings. The van der Waals surface area contributed by atoms with Crippen LogP contribution in [-0.2, 0) is 4.74 Å². The Hall–Kier alpha value is -0.940. The molecule has 0 spiro atoms. The standard InChI is InChI=1S/C20H33N3O/c1-17-5-3-4-6-19(17)20(16-23-11-13-24-14-12-23)21-15-18-7-9-22(2)10-8-18/h3-6,18,20-21H,7-16H2,1-2H3/t20-/m1/s1. The lowest BCUT2D eigenvalue weighted by molar-refractivity contribution is 0.0330. The van der Waals surface area contributed by atoms with Crippen molar-refractivity contribution in [3.63, 3.8) is 0 Å². The van der Waals surface area contributed by atoms with Gasteiger partial charge in [-0.25, -0.2) is 0 Å². The lowest BCUT2D eigenvalue weighted by Crippen LogP contribution is -2.43. The van der Waals surface area contributed by atoms with Crippen LogP contribution in [0.15, 0.2) is 24.3 Å². The predicted octanol–water partition coefficient (Wildman–Crippen LogP) is 2.30. The molecule has 134 valence electrons. The number of nitrogens with one attached hydrogen (secondary N) is 1. The second kappa shape index (κ2) is 8.95. The summed E-state index contributed by atoms with van der Waals surface area (Å²) in [4.78, 5) is 4.99. The Morgan fingerprint density at radius 2 is 1.83 bits per heavy atom. The monoisotopic (exact) mass is 331 g/mol. The summed E-state index contributed by atoms with van der Waals surface area (Å²) in [7, 11) is 2.23. The molecule has 0 bridgehead atoms. The zero-order valence-electron chi connectivity index (χ0n) is 15.3. The molecule has 3 rings (SSSR count). The molecule has 4 heteroatoms. The van der Waals surface area contributed by atoms with E-state index >= 15 is 0 Å². The maximum atomic E-state index is 5.51. The summed E-state index contributed by atoms with van der Waals surface area (Å²) >= 11 is 0. The van der Waals surface area contributed by atoms with Crippen molar-refractivity contribution < 1.29 is 4.74 Å². The Morgan fingerprint density at radius 3 is 2.54 bits per heavy atom. The normalized spacial score (nSPS) is 22.6. The number of piperidine rings is 1. The van der Waals surface area contributed by atoms with E-state index in [2.05, 4.69) is 53.4 Å². The van der Waals surface area contributed by atoms with E-state index in [1.54, 1.807) is 0 Å². The molecule has 1 atom stereocenters. The quantitative estimate of drug-likeness (QED) is 0.866. The van der Waals surface area contributed by atoms with Crippen molar-refractivity contribution in [2.45, 2.75) is 25.8 Å². The molecule has 0 unspecified atom stereocenters. The highest BCUT2D eigenvalue weighted by molar-refractivity contribution is 5.29. The van der Waals surface area contributed by atoms with E-state index in [-0.39, 0.29) is 0 Å². The first-order valence-electron chi connectivity index (χ1n) is 9.50. The first-order valence-corrected chi connectivity index (χ1v) is 9.50. The number of ether oxygens (including phenoxy) is 1. The van der Waals surface area contributed by atoms with Crippen molar-refractivity contribution in [1.29, 1.82) is 0 Å². The fraction of sp³-hybridized carbons (Fsp3) is 0.700. The molecule has 0 aliphatic carbocycles. The van der Waals surface area contributed by atoms with Crippen molar-refractivity contribution >= 4 is 0 Å². The van der Waals surface area contributed by atoms with Crippen LogP contribution in [0.5, 0.6) is 0 Å². The van der Waals surface area contributed by atoms with Crippen LogP contribution in [0.3, 0.4) is 0 Å². The molecule has 0 radical (unpaired) electrons. The summed E-state index contributed by atoms with van der Waals surface area (Å²) in [6.07, 6.45) is 2.64. The molecule has 4 nitrogen and oxygen atoms in total. The molecule has 1 N–H and O–H groups in total. The fourth-order valence-electron chi connectivity index (χ4n) is 3.87. The molecule has 2 heterocycles. The number of hydrogen-bond donors (Lipinski definition) is 1.